The van der Waals surface area contributed by atoms with Crippen molar-refractivity contribution in [2.24, 2.45) is 10.2 Å². The largest absolute Gasteiger partial charge is 0.504 e. The lowest BCUT2D eigenvalue weighted by Gasteiger charge is -2.04. The molecule has 4 aromatic rings. The van der Waals surface area contributed by atoms with Crippen molar-refractivity contribution in [1.29, 1.82) is 0 Å². The highest BCUT2D eigenvalue weighted by Gasteiger charge is 2.24. The second-order valence-electron chi connectivity index (χ2n) is 7.07. The molecule has 0 aliphatic heterocycles. The van der Waals surface area contributed by atoms with Crippen LogP contribution in [0.5, 0.6) is 5.75 Å². The maximum atomic E-state index is 13.0. The van der Waals surface area contributed by atoms with Crippen LogP contribution in [0.4, 0.5) is 27.8 Å². The molecule has 164 valence electrons. The zero-order chi connectivity index (χ0) is 23.2. The molecule has 0 bridgehead atoms. The number of thiophene rings is 1. The number of amides is 1. The molecule has 3 aromatic carbocycles. The SMILES string of the molecule is CC(=O)Nc1ccc(N=Nc2c(Nc3ccccc3)sc(C(=O)c3ccccc3)c2O)cc1. The number of aromatic hydroxyl groups is 1. The Bertz CT molecular complexity index is 1300. The third-order valence-electron chi connectivity index (χ3n) is 4.59. The maximum absolute atomic E-state index is 13.0. The van der Waals surface area contributed by atoms with E-state index in [1.807, 2.05) is 36.4 Å². The number of rotatable bonds is 7. The van der Waals surface area contributed by atoms with Gasteiger partial charge in [0.2, 0.25) is 11.7 Å². The zero-order valence-corrected chi connectivity index (χ0v) is 18.5. The number of carbonyl (C=O) groups is 2. The number of azo groups is 1. The van der Waals surface area contributed by atoms with Gasteiger partial charge in [-0.25, -0.2) is 0 Å². The molecule has 1 heterocycles. The quantitative estimate of drug-likeness (QED) is 0.210. The average molecular weight is 457 g/mol. The third kappa shape index (κ3) is 5.31. The molecular weight excluding hydrogens is 436 g/mol. The van der Waals surface area contributed by atoms with Crippen LogP contribution in [-0.2, 0) is 4.79 Å². The molecule has 0 atom stereocenters. The molecule has 7 nitrogen and oxygen atoms in total. The van der Waals surface area contributed by atoms with Crippen LogP contribution in [0, 0.1) is 0 Å². The monoisotopic (exact) mass is 456 g/mol. The van der Waals surface area contributed by atoms with E-state index in [-0.39, 0.29) is 28.0 Å². The Labute approximate surface area is 194 Å². The first-order chi connectivity index (χ1) is 16.0. The lowest BCUT2D eigenvalue weighted by atomic mass is 10.1. The van der Waals surface area contributed by atoms with Crippen LogP contribution in [0.25, 0.3) is 0 Å². The van der Waals surface area contributed by atoms with Gasteiger partial charge >= 0.3 is 0 Å². The Morgan fingerprint density at radius 3 is 2.09 bits per heavy atom. The molecule has 0 saturated carbocycles. The normalized spacial score (nSPS) is 10.8. The molecule has 33 heavy (non-hydrogen) atoms. The molecule has 1 amide bonds. The average Bonchev–Trinajstić information content (AvgIpc) is 3.13. The number of hydrogen-bond donors (Lipinski definition) is 3. The van der Waals surface area contributed by atoms with E-state index in [0.29, 0.717) is 21.9 Å². The summed E-state index contributed by atoms with van der Waals surface area (Å²) in [5.41, 5.74) is 2.60. The summed E-state index contributed by atoms with van der Waals surface area (Å²) < 4.78 is 0. The Balaban J connectivity index is 1.69. The molecule has 3 N–H and O–H groups in total. The summed E-state index contributed by atoms with van der Waals surface area (Å²) in [5, 5.41) is 25.7. The summed E-state index contributed by atoms with van der Waals surface area (Å²) >= 11 is 1.12. The second-order valence-corrected chi connectivity index (χ2v) is 8.09. The van der Waals surface area contributed by atoms with Crippen LogP contribution < -0.4 is 10.6 Å². The van der Waals surface area contributed by atoms with Gasteiger partial charge in [0, 0.05) is 23.9 Å². The van der Waals surface area contributed by atoms with Crippen molar-refractivity contribution in [1.82, 2.24) is 0 Å². The van der Waals surface area contributed by atoms with Crippen molar-refractivity contribution in [2.75, 3.05) is 10.6 Å². The van der Waals surface area contributed by atoms with Crippen molar-refractivity contribution < 1.29 is 14.7 Å². The van der Waals surface area contributed by atoms with Crippen molar-refractivity contribution in [3.05, 3.63) is 95.4 Å². The van der Waals surface area contributed by atoms with Gasteiger partial charge in [-0.05, 0) is 36.4 Å². The summed E-state index contributed by atoms with van der Waals surface area (Å²) in [7, 11) is 0. The highest BCUT2D eigenvalue weighted by molar-refractivity contribution is 7.19. The van der Waals surface area contributed by atoms with Crippen LogP contribution in [0.1, 0.15) is 22.2 Å². The van der Waals surface area contributed by atoms with E-state index in [0.717, 1.165) is 17.0 Å². The van der Waals surface area contributed by atoms with E-state index in [9.17, 15) is 14.7 Å². The number of benzene rings is 3. The van der Waals surface area contributed by atoms with Gasteiger partial charge in [0.1, 0.15) is 9.88 Å². The van der Waals surface area contributed by atoms with Gasteiger partial charge in [-0.1, -0.05) is 48.5 Å². The lowest BCUT2D eigenvalue weighted by molar-refractivity contribution is -0.114. The molecule has 0 aliphatic carbocycles. The molecule has 4 rings (SSSR count). The standard InChI is InChI=1S/C25H20N4O3S/c1-16(30)26-19-12-14-20(15-13-19)28-29-21-23(32)24(22(31)17-8-4-2-5-9-17)33-25(21)27-18-10-6-3-7-11-18/h2-15,27,32H,1H3,(H,26,30). The molecule has 1 aromatic heterocycles. The first kappa shape index (κ1) is 21.9. The predicted molar refractivity (Wildman–Crippen MR) is 131 cm³/mol. The Morgan fingerprint density at radius 1 is 0.818 bits per heavy atom. The highest BCUT2D eigenvalue weighted by atomic mass is 32.1. The minimum atomic E-state index is -0.296. The summed E-state index contributed by atoms with van der Waals surface area (Å²) in [4.78, 5) is 24.4. The highest BCUT2D eigenvalue weighted by Crippen LogP contribution is 2.48. The van der Waals surface area contributed by atoms with Gasteiger partial charge in [-0.2, -0.15) is 5.11 Å². The van der Waals surface area contributed by atoms with Gasteiger partial charge in [0.05, 0.1) is 5.69 Å². The maximum Gasteiger partial charge on any atom is 0.221 e. The van der Waals surface area contributed by atoms with Crippen molar-refractivity contribution >= 4 is 50.8 Å². The summed E-state index contributed by atoms with van der Waals surface area (Å²) in [6.07, 6.45) is 0. The first-order valence-corrected chi connectivity index (χ1v) is 10.9. The first-order valence-electron chi connectivity index (χ1n) is 10.1. The van der Waals surface area contributed by atoms with E-state index in [2.05, 4.69) is 20.9 Å². The van der Waals surface area contributed by atoms with Gasteiger partial charge in [-0.3, -0.25) is 9.59 Å². The molecule has 0 unspecified atom stereocenters. The molecule has 8 heteroatoms. The molecule has 0 radical (unpaired) electrons. The summed E-state index contributed by atoms with van der Waals surface area (Å²) in [6.45, 7) is 1.43. The van der Waals surface area contributed by atoms with Gasteiger partial charge in [0.25, 0.3) is 0 Å². The van der Waals surface area contributed by atoms with Crippen LogP contribution in [0.2, 0.25) is 0 Å². The van der Waals surface area contributed by atoms with Crippen LogP contribution >= 0.6 is 11.3 Å². The van der Waals surface area contributed by atoms with Crippen LogP contribution in [-0.4, -0.2) is 16.8 Å². The molecule has 0 aliphatic rings. The van der Waals surface area contributed by atoms with Gasteiger partial charge < -0.3 is 15.7 Å². The van der Waals surface area contributed by atoms with E-state index in [1.165, 1.54) is 6.92 Å². The molecular formula is C25H20N4O3S. The Kier molecular flexibility index (Phi) is 6.56. The summed E-state index contributed by atoms with van der Waals surface area (Å²) in [5.74, 6) is -0.693. The Morgan fingerprint density at radius 2 is 1.45 bits per heavy atom. The van der Waals surface area contributed by atoms with E-state index >= 15 is 0 Å². The fourth-order valence-corrected chi connectivity index (χ4v) is 4.05. The van der Waals surface area contributed by atoms with E-state index in [1.54, 1.807) is 48.5 Å². The molecule has 0 fully saturated rings. The second kappa shape index (κ2) is 9.88. The van der Waals surface area contributed by atoms with E-state index in [4.69, 9.17) is 0 Å². The number of carbonyl (C=O) groups excluding carboxylic acids is 2. The minimum Gasteiger partial charge on any atom is -0.504 e. The van der Waals surface area contributed by atoms with Crippen molar-refractivity contribution in [3.63, 3.8) is 0 Å². The smallest absolute Gasteiger partial charge is 0.221 e. The number of ketones is 1. The third-order valence-corrected chi connectivity index (χ3v) is 5.67. The predicted octanol–water partition coefficient (Wildman–Crippen LogP) is 6.80. The fraction of sp³-hybridized carbons (Fsp3) is 0.0400. The number of nitrogens with zero attached hydrogens (tertiary/aromatic N) is 2. The van der Waals surface area contributed by atoms with Crippen LogP contribution in [0.3, 0.4) is 0 Å². The topological polar surface area (TPSA) is 103 Å². The summed E-state index contributed by atoms with van der Waals surface area (Å²) in [6, 6.07) is 25.0. The number of hydrogen-bond acceptors (Lipinski definition) is 7. The number of anilines is 3. The number of nitrogens with one attached hydrogen (secondary N) is 2. The molecule has 0 saturated heterocycles. The lowest BCUT2D eigenvalue weighted by Crippen LogP contribution is -2.04. The van der Waals surface area contributed by atoms with E-state index < -0.39 is 0 Å². The van der Waals surface area contributed by atoms with Gasteiger partial charge in [-0.15, -0.1) is 16.5 Å². The molecule has 0 spiro atoms. The van der Waals surface area contributed by atoms with Crippen molar-refractivity contribution in [2.45, 2.75) is 6.92 Å². The zero-order valence-electron chi connectivity index (χ0n) is 17.6. The van der Waals surface area contributed by atoms with Gasteiger partial charge in [0.15, 0.2) is 11.4 Å². The van der Waals surface area contributed by atoms with Crippen molar-refractivity contribution in [3.8, 4) is 5.75 Å². The Hall–Kier alpha value is -4.30. The number of para-hydroxylation sites is 1. The minimum absolute atomic E-state index is 0.167. The van der Waals surface area contributed by atoms with Crippen LogP contribution in [0.15, 0.2) is 95.2 Å². The fourth-order valence-electron chi connectivity index (χ4n) is 3.04.